The van der Waals surface area contributed by atoms with Gasteiger partial charge in [-0.15, -0.1) is 11.8 Å². The van der Waals surface area contributed by atoms with Crippen LogP contribution in [0.2, 0.25) is 0 Å². The number of aliphatic hydroxyl groups excluding tert-OH is 1. The Morgan fingerprint density at radius 3 is 2.70 bits per heavy atom. The molecule has 120 valence electrons. The van der Waals surface area contributed by atoms with E-state index in [-0.39, 0.29) is 18.7 Å². The first-order valence-electron chi connectivity index (χ1n) is 7.71. The summed E-state index contributed by atoms with van der Waals surface area (Å²) in [6.07, 6.45) is 0.933. The number of carbonyl (C=O) groups is 1. The molecular weight excluding hydrogens is 308 g/mol. The average Bonchev–Trinajstić information content (AvgIpc) is 2.60. The molecule has 2 aromatic carbocycles. The van der Waals surface area contributed by atoms with Crippen LogP contribution in [0.3, 0.4) is 0 Å². The van der Waals surface area contributed by atoms with Gasteiger partial charge in [0.1, 0.15) is 0 Å². The molecule has 3 rings (SSSR count). The van der Waals surface area contributed by atoms with Crippen LogP contribution in [-0.4, -0.2) is 16.9 Å². The van der Waals surface area contributed by atoms with Crippen LogP contribution in [-0.2, 0) is 13.2 Å². The zero-order valence-corrected chi connectivity index (χ0v) is 13.6. The molecule has 1 aliphatic heterocycles. The summed E-state index contributed by atoms with van der Waals surface area (Å²) >= 11 is 1.84. The topological polar surface area (TPSA) is 61.4 Å². The van der Waals surface area contributed by atoms with E-state index in [0.29, 0.717) is 6.54 Å². The quantitative estimate of drug-likeness (QED) is 0.807. The number of amides is 2. The van der Waals surface area contributed by atoms with Gasteiger partial charge in [0.2, 0.25) is 0 Å². The number of hydrogen-bond donors (Lipinski definition) is 3. The summed E-state index contributed by atoms with van der Waals surface area (Å²) in [7, 11) is 0. The summed E-state index contributed by atoms with van der Waals surface area (Å²) in [5.41, 5.74) is 2.96. The molecular formula is C18H20N2O2S. The minimum Gasteiger partial charge on any atom is -0.392 e. The highest BCUT2D eigenvalue weighted by atomic mass is 32.2. The number of carbonyl (C=O) groups excluding carboxylic acids is 1. The van der Waals surface area contributed by atoms with Gasteiger partial charge in [-0.2, -0.15) is 0 Å². The highest BCUT2D eigenvalue weighted by Crippen LogP contribution is 2.35. The number of rotatable bonds is 4. The summed E-state index contributed by atoms with van der Waals surface area (Å²) in [6, 6.07) is 15.7. The van der Waals surface area contributed by atoms with Crippen molar-refractivity contribution in [3.63, 3.8) is 0 Å². The van der Waals surface area contributed by atoms with E-state index in [9.17, 15) is 9.90 Å². The van der Waals surface area contributed by atoms with Gasteiger partial charge >= 0.3 is 6.03 Å². The van der Waals surface area contributed by atoms with Crippen LogP contribution in [0.1, 0.15) is 29.2 Å². The first-order valence-corrected chi connectivity index (χ1v) is 8.70. The maximum atomic E-state index is 12.2. The Balaban J connectivity index is 1.60. The molecule has 5 heteroatoms. The fourth-order valence-electron chi connectivity index (χ4n) is 2.76. The van der Waals surface area contributed by atoms with Crippen molar-refractivity contribution >= 4 is 17.8 Å². The normalized spacial score (nSPS) is 16.5. The van der Waals surface area contributed by atoms with E-state index < -0.39 is 0 Å². The lowest BCUT2D eigenvalue weighted by atomic mass is 10.0. The fourth-order valence-corrected chi connectivity index (χ4v) is 3.89. The van der Waals surface area contributed by atoms with E-state index in [1.165, 1.54) is 10.5 Å². The van der Waals surface area contributed by atoms with Crippen molar-refractivity contribution in [2.24, 2.45) is 0 Å². The molecule has 0 spiro atoms. The Hall–Kier alpha value is -1.98. The lowest BCUT2D eigenvalue weighted by Gasteiger charge is -2.26. The maximum absolute atomic E-state index is 12.2. The fraction of sp³-hybridized carbons (Fsp3) is 0.278. The largest absolute Gasteiger partial charge is 0.392 e. The summed E-state index contributed by atoms with van der Waals surface area (Å²) in [5.74, 6) is 1.01. The number of benzene rings is 2. The number of hydrogen-bond acceptors (Lipinski definition) is 3. The predicted molar refractivity (Wildman–Crippen MR) is 92.3 cm³/mol. The lowest BCUT2D eigenvalue weighted by molar-refractivity contribution is 0.235. The average molecular weight is 328 g/mol. The van der Waals surface area contributed by atoms with E-state index in [1.54, 1.807) is 0 Å². The van der Waals surface area contributed by atoms with Crippen molar-refractivity contribution in [1.82, 2.24) is 10.6 Å². The van der Waals surface area contributed by atoms with Gasteiger partial charge in [-0.3, -0.25) is 0 Å². The Bertz CT molecular complexity index is 690. The van der Waals surface area contributed by atoms with Gasteiger partial charge in [-0.1, -0.05) is 42.5 Å². The van der Waals surface area contributed by atoms with Crippen molar-refractivity contribution < 1.29 is 9.90 Å². The summed E-state index contributed by atoms with van der Waals surface area (Å²) < 4.78 is 0. The van der Waals surface area contributed by atoms with Gasteiger partial charge in [-0.05, 0) is 29.2 Å². The van der Waals surface area contributed by atoms with Crippen molar-refractivity contribution in [1.29, 1.82) is 0 Å². The number of urea groups is 1. The van der Waals surface area contributed by atoms with Crippen LogP contribution < -0.4 is 10.6 Å². The van der Waals surface area contributed by atoms with Gasteiger partial charge in [0.15, 0.2) is 0 Å². The van der Waals surface area contributed by atoms with Gasteiger partial charge < -0.3 is 15.7 Å². The Morgan fingerprint density at radius 2 is 1.87 bits per heavy atom. The van der Waals surface area contributed by atoms with Crippen LogP contribution in [0.5, 0.6) is 0 Å². The van der Waals surface area contributed by atoms with Crippen LogP contribution >= 0.6 is 11.8 Å². The lowest BCUT2D eigenvalue weighted by Crippen LogP contribution is -2.38. The predicted octanol–water partition coefficient (Wildman–Crippen LogP) is 3.22. The molecule has 0 aliphatic carbocycles. The minimum absolute atomic E-state index is 0.0211. The molecule has 1 aliphatic rings. The first kappa shape index (κ1) is 15.9. The van der Waals surface area contributed by atoms with E-state index in [1.807, 2.05) is 48.2 Å². The second kappa shape index (κ2) is 7.53. The van der Waals surface area contributed by atoms with E-state index in [2.05, 4.69) is 22.8 Å². The molecule has 4 nitrogen and oxygen atoms in total. The molecule has 2 amide bonds. The molecule has 1 unspecified atom stereocenters. The van der Waals surface area contributed by atoms with Crippen molar-refractivity contribution in [2.45, 2.75) is 30.5 Å². The molecule has 0 aromatic heterocycles. The minimum atomic E-state index is -0.176. The van der Waals surface area contributed by atoms with E-state index >= 15 is 0 Å². The summed E-state index contributed by atoms with van der Waals surface area (Å²) in [6.45, 7) is 0.387. The molecule has 0 radical (unpaired) electrons. The molecule has 23 heavy (non-hydrogen) atoms. The maximum Gasteiger partial charge on any atom is 0.315 e. The number of nitrogens with one attached hydrogen (secondary N) is 2. The Morgan fingerprint density at radius 1 is 1.13 bits per heavy atom. The van der Waals surface area contributed by atoms with Gasteiger partial charge in [0.05, 0.1) is 12.6 Å². The van der Waals surface area contributed by atoms with E-state index in [0.717, 1.165) is 23.3 Å². The number of thioether (sulfide) groups is 1. The van der Waals surface area contributed by atoms with Crippen LogP contribution in [0.25, 0.3) is 0 Å². The standard InChI is InChI=1S/C18H20N2O2S/c21-12-14-6-2-1-5-13(14)11-19-18(22)20-16-9-10-23-17-8-4-3-7-15(16)17/h1-8,16,21H,9-12H2,(H2,19,20,22). The highest BCUT2D eigenvalue weighted by molar-refractivity contribution is 7.99. The smallest absolute Gasteiger partial charge is 0.315 e. The van der Waals surface area contributed by atoms with Crippen LogP contribution in [0, 0.1) is 0 Å². The third-order valence-corrected chi connectivity index (χ3v) is 5.11. The monoisotopic (exact) mass is 328 g/mol. The molecule has 0 bridgehead atoms. The SMILES string of the molecule is O=C(NCc1ccccc1CO)NC1CCSc2ccccc21. The molecule has 1 atom stereocenters. The Kier molecular flexibility index (Phi) is 5.20. The second-order valence-electron chi connectivity index (χ2n) is 5.48. The van der Waals surface area contributed by atoms with Gasteiger partial charge in [0.25, 0.3) is 0 Å². The third kappa shape index (κ3) is 3.86. The van der Waals surface area contributed by atoms with Crippen molar-refractivity contribution in [3.05, 3.63) is 65.2 Å². The molecule has 2 aromatic rings. The third-order valence-electron chi connectivity index (χ3n) is 3.99. The first-order chi connectivity index (χ1) is 11.3. The molecule has 3 N–H and O–H groups in total. The van der Waals surface area contributed by atoms with Crippen LogP contribution in [0.15, 0.2) is 53.4 Å². The number of fused-ring (bicyclic) bond motifs is 1. The zero-order valence-electron chi connectivity index (χ0n) is 12.8. The van der Waals surface area contributed by atoms with Crippen molar-refractivity contribution in [3.8, 4) is 0 Å². The van der Waals surface area contributed by atoms with E-state index in [4.69, 9.17) is 0 Å². The summed E-state index contributed by atoms with van der Waals surface area (Å²) in [4.78, 5) is 13.4. The van der Waals surface area contributed by atoms with Gasteiger partial charge in [-0.25, -0.2) is 4.79 Å². The van der Waals surface area contributed by atoms with Crippen molar-refractivity contribution in [2.75, 3.05) is 5.75 Å². The second-order valence-corrected chi connectivity index (χ2v) is 6.62. The van der Waals surface area contributed by atoms with Gasteiger partial charge in [0, 0.05) is 17.2 Å². The Labute approximate surface area is 140 Å². The molecule has 0 fully saturated rings. The van der Waals surface area contributed by atoms with Crippen LogP contribution in [0.4, 0.5) is 4.79 Å². The molecule has 0 saturated carbocycles. The zero-order chi connectivity index (χ0) is 16.1. The number of aliphatic hydroxyl groups is 1. The summed E-state index contributed by atoms with van der Waals surface area (Å²) in [5, 5.41) is 15.3. The molecule has 0 saturated heterocycles. The molecule has 1 heterocycles. The highest BCUT2D eigenvalue weighted by Gasteiger charge is 2.21.